The molecule has 58 valence electrons. The summed E-state index contributed by atoms with van der Waals surface area (Å²) < 4.78 is 13.9. The van der Waals surface area contributed by atoms with Crippen LogP contribution in [-0.4, -0.2) is 10.7 Å². The molecule has 0 unspecified atom stereocenters. The molecule has 0 bridgehead atoms. The van der Waals surface area contributed by atoms with Crippen molar-refractivity contribution >= 4 is 0 Å². The Morgan fingerprint density at radius 1 is 1.55 bits per heavy atom. The molecule has 2 nitrogen and oxygen atoms in total. The van der Waals surface area contributed by atoms with Crippen LogP contribution in [0.25, 0.3) is 0 Å². The zero-order chi connectivity index (χ0) is 7.84. The van der Waals surface area contributed by atoms with Crippen LogP contribution in [0.4, 0.5) is 4.39 Å². The van der Waals surface area contributed by atoms with Gasteiger partial charge < -0.3 is 4.57 Å². The van der Waals surface area contributed by atoms with Crippen LogP contribution in [0.2, 0.25) is 0 Å². The molecule has 0 amide bonds. The summed E-state index contributed by atoms with van der Waals surface area (Å²) in [7, 11) is 0. The van der Waals surface area contributed by atoms with Gasteiger partial charge in [0.2, 0.25) is 0 Å². The van der Waals surface area contributed by atoms with Gasteiger partial charge in [0.15, 0.2) is 0 Å². The molecule has 1 aromatic rings. The Labute approximate surface area is 63.3 Å². The minimum absolute atomic E-state index is 0.113. The van der Waals surface area contributed by atoms with Gasteiger partial charge >= 0.3 is 0 Å². The van der Waals surface area contributed by atoms with E-state index in [0.717, 1.165) is 0 Å². The van der Waals surface area contributed by atoms with Gasteiger partial charge in [-0.3, -0.25) is 4.79 Å². The number of alkyl halides is 1. The van der Waals surface area contributed by atoms with Crippen LogP contribution in [0.3, 0.4) is 0 Å². The van der Waals surface area contributed by atoms with Gasteiger partial charge in [-0.25, -0.2) is 4.39 Å². The largest absolute Gasteiger partial charge is 0.309 e. The molecule has 2 rings (SSSR count). The third kappa shape index (κ3) is 1.06. The molecule has 1 aliphatic carbocycles. The molecule has 0 spiro atoms. The van der Waals surface area contributed by atoms with E-state index in [1.807, 2.05) is 0 Å². The molecule has 0 saturated heterocycles. The molecular weight excluding hydrogens is 145 g/mol. The molecule has 2 atom stereocenters. The van der Waals surface area contributed by atoms with E-state index < -0.39 is 6.17 Å². The topological polar surface area (TPSA) is 22.0 Å². The number of halogens is 1. The van der Waals surface area contributed by atoms with E-state index in [-0.39, 0.29) is 11.6 Å². The van der Waals surface area contributed by atoms with Crippen molar-refractivity contribution in [2.75, 3.05) is 0 Å². The van der Waals surface area contributed by atoms with Crippen molar-refractivity contribution in [1.29, 1.82) is 0 Å². The second kappa shape index (κ2) is 2.19. The second-order valence-corrected chi connectivity index (χ2v) is 2.77. The normalized spacial score (nSPS) is 28.5. The van der Waals surface area contributed by atoms with Crippen molar-refractivity contribution in [1.82, 2.24) is 4.57 Å². The minimum atomic E-state index is -0.810. The maximum Gasteiger partial charge on any atom is 0.250 e. The van der Waals surface area contributed by atoms with Gasteiger partial charge in [-0.15, -0.1) is 0 Å². The fraction of sp³-hybridized carbons (Fsp3) is 0.375. The van der Waals surface area contributed by atoms with Crippen LogP contribution in [0, 0.1) is 0 Å². The SMILES string of the molecule is O=c1ccccn1[C@H]1C[C@H]1F. The van der Waals surface area contributed by atoms with Crippen molar-refractivity contribution in [2.24, 2.45) is 0 Å². The summed E-state index contributed by atoms with van der Waals surface area (Å²) in [5.41, 5.74) is -0.113. The molecule has 1 aliphatic rings. The average Bonchev–Trinajstić information content (AvgIpc) is 2.68. The molecule has 0 aliphatic heterocycles. The summed E-state index contributed by atoms with van der Waals surface area (Å²) >= 11 is 0. The van der Waals surface area contributed by atoms with E-state index in [2.05, 4.69) is 0 Å². The lowest BCUT2D eigenvalue weighted by Crippen LogP contribution is -2.17. The molecule has 1 aromatic heterocycles. The van der Waals surface area contributed by atoms with Gasteiger partial charge in [-0.1, -0.05) is 6.07 Å². The predicted molar refractivity (Wildman–Crippen MR) is 39.3 cm³/mol. The van der Waals surface area contributed by atoms with Gasteiger partial charge in [-0.05, 0) is 6.07 Å². The van der Waals surface area contributed by atoms with Crippen molar-refractivity contribution in [3.63, 3.8) is 0 Å². The first-order valence-electron chi connectivity index (χ1n) is 3.60. The fourth-order valence-electron chi connectivity index (χ4n) is 1.15. The molecule has 1 fully saturated rings. The molecule has 0 N–H and O–H groups in total. The van der Waals surface area contributed by atoms with Crippen LogP contribution in [0.1, 0.15) is 12.5 Å². The van der Waals surface area contributed by atoms with Crippen molar-refractivity contribution in [3.8, 4) is 0 Å². The standard InChI is InChI=1S/C8H8FNO/c9-6-5-7(6)10-4-2-1-3-8(10)11/h1-4,6-7H,5H2/t6-,7+/m1/s1. The van der Waals surface area contributed by atoms with E-state index in [0.29, 0.717) is 6.42 Å². The van der Waals surface area contributed by atoms with Gasteiger partial charge in [0.1, 0.15) is 6.17 Å². The number of hydrogen-bond donors (Lipinski definition) is 0. The van der Waals surface area contributed by atoms with E-state index in [4.69, 9.17) is 0 Å². The van der Waals surface area contributed by atoms with Crippen LogP contribution < -0.4 is 5.56 Å². The Morgan fingerprint density at radius 3 is 2.82 bits per heavy atom. The Hall–Kier alpha value is -1.12. The lowest BCUT2D eigenvalue weighted by molar-refractivity contribution is 0.438. The van der Waals surface area contributed by atoms with Crippen LogP contribution >= 0.6 is 0 Å². The van der Waals surface area contributed by atoms with Crippen LogP contribution in [0.15, 0.2) is 29.2 Å². The number of hydrogen-bond acceptors (Lipinski definition) is 1. The van der Waals surface area contributed by atoms with Crippen molar-refractivity contribution < 1.29 is 4.39 Å². The van der Waals surface area contributed by atoms with Gasteiger partial charge in [0.05, 0.1) is 6.04 Å². The first-order valence-corrected chi connectivity index (χ1v) is 3.60. The molecule has 11 heavy (non-hydrogen) atoms. The summed E-state index contributed by atoms with van der Waals surface area (Å²) in [5, 5.41) is 0. The predicted octanol–water partition coefficient (Wildman–Crippen LogP) is 1.13. The Kier molecular flexibility index (Phi) is 1.31. The highest BCUT2D eigenvalue weighted by atomic mass is 19.1. The highest BCUT2D eigenvalue weighted by molar-refractivity contribution is 5.01. The smallest absolute Gasteiger partial charge is 0.250 e. The van der Waals surface area contributed by atoms with Gasteiger partial charge in [0, 0.05) is 18.7 Å². The Morgan fingerprint density at radius 2 is 2.27 bits per heavy atom. The lowest BCUT2D eigenvalue weighted by Gasteiger charge is -1.99. The number of pyridine rings is 1. The molecule has 0 radical (unpaired) electrons. The molecule has 0 aromatic carbocycles. The van der Waals surface area contributed by atoms with E-state index in [1.54, 1.807) is 18.3 Å². The molecule has 1 saturated carbocycles. The second-order valence-electron chi connectivity index (χ2n) is 2.77. The zero-order valence-electron chi connectivity index (χ0n) is 5.90. The third-order valence-corrected chi connectivity index (χ3v) is 1.89. The molecule has 3 heteroatoms. The fourth-order valence-corrected chi connectivity index (χ4v) is 1.15. The highest BCUT2D eigenvalue weighted by Gasteiger charge is 2.39. The molecule has 1 heterocycles. The maximum absolute atomic E-state index is 12.5. The average molecular weight is 153 g/mol. The first kappa shape index (κ1) is 6.58. The highest BCUT2D eigenvalue weighted by Crippen LogP contribution is 2.37. The first-order chi connectivity index (χ1) is 5.29. The van der Waals surface area contributed by atoms with Crippen molar-refractivity contribution in [2.45, 2.75) is 18.6 Å². The van der Waals surface area contributed by atoms with Gasteiger partial charge in [0.25, 0.3) is 5.56 Å². The van der Waals surface area contributed by atoms with Crippen LogP contribution in [0.5, 0.6) is 0 Å². The third-order valence-electron chi connectivity index (χ3n) is 1.89. The summed E-state index contributed by atoms with van der Waals surface area (Å²) in [6.07, 6.45) is 1.31. The summed E-state index contributed by atoms with van der Waals surface area (Å²) in [5.74, 6) is 0. The quantitative estimate of drug-likeness (QED) is 0.592. The minimum Gasteiger partial charge on any atom is -0.309 e. The summed E-state index contributed by atoms with van der Waals surface area (Å²) in [4.78, 5) is 11.0. The number of aromatic nitrogens is 1. The van der Waals surface area contributed by atoms with Crippen molar-refractivity contribution in [3.05, 3.63) is 34.7 Å². The number of nitrogens with zero attached hydrogens (tertiary/aromatic N) is 1. The van der Waals surface area contributed by atoms with E-state index in [9.17, 15) is 9.18 Å². The maximum atomic E-state index is 12.5. The monoisotopic (exact) mass is 153 g/mol. The molecular formula is C8H8FNO. The number of rotatable bonds is 1. The Balaban J connectivity index is 2.39. The lowest BCUT2D eigenvalue weighted by atomic mass is 10.4. The Bertz CT molecular complexity index is 320. The summed E-state index contributed by atoms with van der Waals surface area (Å²) in [6, 6.07) is 4.66. The van der Waals surface area contributed by atoms with E-state index >= 15 is 0 Å². The van der Waals surface area contributed by atoms with E-state index in [1.165, 1.54) is 10.6 Å². The van der Waals surface area contributed by atoms with Crippen LogP contribution in [-0.2, 0) is 0 Å². The summed E-state index contributed by atoms with van der Waals surface area (Å²) in [6.45, 7) is 0. The van der Waals surface area contributed by atoms with Gasteiger partial charge in [-0.2, -0.15) is 0 Å². The zero-order valence-corrected chi connectivity index (χ0v) is 5.90.